The Hall–Kier alpha value is -2.53. The normalized spacial score (nSPS) is 14.1. The van der Waals surface area contributed by atoms with E-state index in [9.17, 15) is 9.59 Å². The molecule has 0 unspecified atom stereocenters. The van der Waals surface area contributed by atoms with Gasteiger partial charge in [-0.15, -0.1) is 11.3 Å². The van der Waals surface area contributed by atoms with Crippen molar-refractivity contribution in [2.75, 3.05) is 66.4 Å². The molecule has 2 heterocycles. The second-order valence-electron chi connectivity index (χ2n) is 8.43. The number of hydrogen-bond donors (Lipinski definition) is 1. The van der Waals surface area contributed by atoms with Crippen LogP contribution in [0.3, 0.4) is 0 Å². The maximum atomic E-state index is 12.6. The summed E-state index contributed by atoms with van der Waals surface area (Å²) in [6.07, 6.45) is 2.35. The zero-order valence-corrected chi connectivity index (χ0v) is 22.0. The molecule has 1 saturated heterocycles. The van der Waals surface area contributed by atoms with Crippen LogP contribution in [0.15, 0.2) is 29.6 Å². The van der Waals surface area contributed by atoms with Crippen LogP contribution in [0.2, 0.25) is 0 Å². The number of ether oxygens (including phenoxy) is 4. The van der Waals surface area contributed by atoms with E-state index in [0.29, 0.717) is 64.8 Å². The zero-order valence-electron chi connectivity index (χ0n) is 21.2. The molecule has 0 spiro atoms. The molecule has 2 aromatic rings. The van der Waals surface area contributed by atoms with E-state index in [0.717, 1.165) is 29.2 Å². The number of para-hydroxylation sites is 1. The van der Waals surface area contributed by atoms with Crippen LogP contribution in [-0.4, -0.2) is 88.1 Å². The third kappa shape index (κ3) is 8.85. The van der Waals surface area contributed by atoms with E-state index in [1.165, 1.54) is 11.3 Å². The first-order valence-electron chi connectivity index (χ1n) is 12.5. The van der Waals surface area contributed by atoms with Gasteiger partial charge in [-0.3, -0.25) is 9.59 Å². The van der Waals surface area contributed by atoms with E-state index in [-0.39, 0.29) is 24.3 Å². The first kappa shape index (κ1) is 28.0. The molecule has 2 amide bonds. The summed E-state index contributed by atoms with van der Waals surface area (Å²) in [6.45, 7) is 6.36. The summed E-state index contributed by atoms with van der Waals surface area (Å²) in [7, 11) is 1.62. The standard InChI is InChI=1S/C26H37N3O6S/c1-3-35-23-7-5-4-6-20(23)8-11-27-25(31)22-19-36-26(28-22)21-9-12-29(13-10-21)24(30)18-34-17-16-33-15-14-32-2/h4-7,19,21H,3,8-18H2,1-2H3,(H,27,31). The molecule has 1 aromatic carbocycles. The Morgan fingerprint density at radius 3 is 2.64 bits per heavy atom. The smallest absolute Gasteiger partial charge is 0.270 e. The summed E-state index contributed by atoms with van der Waals surface area (Å²) in [5.74, 6) is 0.945. The summed E-state index contributed by atoms with van der Waals surface area (Å²) in [5.41, 5.74) is 1.52. The van der Waals surface area contributed by atoms with Crippen LogP contribution in [0.25, 0.3) is 0 Å². The van der Waals surface area contributed by atoms with E-state index >= 15 is 0 Å². The largest absolute Gasteiger partial charge is 0.494 e. The number of carbonyl (C=O) groups excluding carboxylic acids is 2. The van der Waals surface area contributed by atoms with Crippen LogP contribution in [-0.2, 0) is 25.4 Å². The lowest BCUT2D eigenvalue weighted by Crippen LogP contribution is -2.40. The minimum absolute atomic E-state index is 0.00421. The lowest BCUT2D eigenvalue weighted by molar-refractivity contribution is -0.137. The predicted octanol–water partition coefficient (Wildman–Crippen LogP) is 2.90. The van der Waals surface area contributed by atoms with E-state index in [1.807, 2.05) is 41.5 Å². The van der Waals surface area contributed by atoms with Gasteiger partial charge in [0, 0.05) is 38.0 Å². The molecule has 0 aliphatic carbocycles. The molecule has 36 heavy (non-hydrogen) atoms. The molecule has 198 valence electrons. The van der Waals surface area contributed by atoms with Gasteiger partial charge in [0.2, 0.25) is 5.91 Å². The van der Waals surface area contributed by atoms with Crippen molar-refractivity contribution in [3.05, 3.63) is 45.9 Å². The minimum Gasteiger partial charge on any atom is -0.494 e. The maximum absolute atomic E-state index is 12.6. The van der Waals surface area contributed by atoms with Crippen molar-refractivity contribution in [1.82, 2.24) is 15.2 Å². The third-order valence-electron chi connectivity index (χ3n) is 5.93. The van der Waals surface area contributed by atoms with Crippen LogP contribution in [0.5, 0.6) is 5.75 Å². The lowest BCUT2D eigenvalue weighted by atomic mass is 9.97. The van der Waals surface area contributed by atoms with Crippen LogP contribution in [0.4, 0.5) is 0 Å². The van der Waals surface area contributed by atoms with E-state index in [4.69, 9.17) is 18.9 Å². The van der Waals surface area contributed by atoms with Gasteiger partial charge in [-0.1, -0.05) is 18.2 Å². The van der Waals surface area contributed by atoms with Crippen LogP contribution < -0.4 is 10.1 Å². The highest BCUT2D eigenvalue weighted by Gasteiger charge is 2.26. The average Bonchev–Trinajstić information content (AvgIpc) is 3.40. The Kier molecular flexibility index (Phi) is 12.1. The molecular weight excluding hydrogens is 482 g/mol. The van der Waals surface area contributed by atoms with Gasteiger partial charge >= 0.3 is 0 Å². The van der Waals surface area contributed by atoms with Crippen LogP contribution >= 0.6 is 11.3 Å². The monoisotopic (exact) mass is 519 g/mol. The first-order valence-corrected chi connectivity index (χ1v) is 13.4. The fourth-order valence-electron chi connectivity index (χ4n) is 3.98. The Labute approximate surface area is 217 Å². The molecule has 1 aliphatic rings. The number of carbonyl (C=O) groups is 2. The van der Waals surface area contributed by atoms with Gasteiger partial charge in [0.25, 0.3) is 5.91 Å². The first-order chi connectivity index (χ1) is 17.6. The minimum atomic E-state index is -0.164. The number of methoxy groups -OCH3 is 1. The molecule has 9 nitrogen and oxygen atoms in total. The van der Waals surface area contributed by atoms with Crippen LogP contribution in [0.1, 0.15) is 46.7 Å². The zero-order chi connectivity index (χ0) is 25.6. The number of rotatable bonds is 15. The summed E-state index contributed by atoms with van der Waals surface area (Å²) in [4.78, 5) is 31.4. The predicted molar refractivity (Wildman–Crippen MR) is 138 cm³/mol. The molecular formula is C26H37N3O6S. The fraction of sp³-hybridized carbons (Fsp3) is 0.577. The van der Waals surface area contributed by atoms with Gasteiger partial charge in [-0.2, -0.15) is 0 Å². The number of nitrogens with one attached hydrogen (secondary N) is 1. The number of aromatic nitrogens is 1. The van der Waals surface area contributed by atoms with E-state index in [1.54, 1.807) is 7.11 Å². The van der Waals surface area contributed by atoms with Gasteiger partial charge in [0.1, 0.15) is 18.1 Å². The van der Waals surface area contributed by atoms with Gasteiger partial charge < -0.3 is 29.2 Å². The molecule has 3 rings (SSSR count). The maximum Gasteiger partial charge on any atom is 0.270 e. The van der Waals surface area contributed by atoms with Crippen molar-refractivity contribution >= 4 is 23.2 Å². The van der Waals surface area contributed by atoms with Crippen molar-refractivity contribution in [3.63, 3.8) is 0 Å². The molecule has 0 saturated carbocycles. The second-order valence-corrected chi connectivity index (χ2v) is 9.32. The molecule has 10 heteroatoms. The van der Waals surface area contributed by atoms with Crippen molar-refractivity contribution < 1.29 is 28.5 Å². The molecule has 1 aliphatic heterocycles. The van der Waals surface area contributed by atoms with Gasteiger partial charge in [-0.25, -0.2) is 4.98 Å². The van der Waals surface area contributed by atoms with Crippen molar-refractivity contribution in [3.8, 4) is 5.75 Å². The molecule has 1 aromatic heterocycles. The van der Waals surface area contributed by atoms with Gasteiger partial charge in [0.05, 0.1) is 38.0 Å². The topological polar surface area (TPSA) is 99.2 Å². The van der Waals surface area contributed by atoms with E-state index in [2.05, 4.69) is 10.3 Å². The number of hydrogen-bond acceptors (Lipinski definition) is 8. The molecule has 0 radical (unpaired) electrons. The summed E-state index contributed by atoms with van der Waals surface area (Å²) in [5, 5.41) is 5.74. The number of nitrogens with zero attached hydrogens (tertiary/aromatic N) is 2. The number of piperidine rings is 1. The van der Waals surface area contributed by atoms with Crippen molar-refractivity contribution in [1.29, 1.82) is 0 Å². The highest BCUT2D eigenvalue weighted by Crippen LogP contribution is 2.30. The Morgan fingerprint density at radius 2 is 1.86 bits per heavy atom. The molecule has 0 atom stereocenters. The number of likely N-dealkylation sites (tertiary alicyclic amines) is 1. The molecule has 1 N–H and O–H groups in total. The van der Waals surface area contributed by atoms with Crippen molar-refractivity contribution in [2.24, 2.45) is 0 Å². The average molecular weight is 520 g/mol. The summed E-state index contributed by atoms with van der Waals surface area (Å²) < 4.78 is 21.3. The lowest BCUT2D eigenvalue weighted by Gasteiger charge is -2.31. The molecule has 1 fully saturated rings. The third-order valence-corrected chi connectivity index (χ3v) is 6.94. The number of thiazole rings is 1. The fourth-order valence-corrected chi connectivity index (χ4v) is 4.95. The highest BCUT2D eigenvalue weighted by molar-refractivity contribution is 7.09. The van der Waals surface area contributed by atoms with E-state index < -0.39 is 0 Å². The Morgan fingerprint density at radius 1 is 1.11 bits per heavy atom. The Balaban J connectivity index is 1.36. The quantitative estimate of drug-likeness (QED) is 0.361. The highest BCUT2D eigenvalue weighted by atomic mass is 32.1. The van der Waals surface area contributed by atoms with Gasteiger partial charge in [0.15, 0.2) is 0 Å². The molecule has 0 bridgehead atoms. The van der Waals surface area contributed by atoms with Gasteiger partial charge in [-0.05, 0) is 37.8 Å². The number of amides is 2. The number of benzene rings is 1. The Bertz CT molecular complexity index is 945. The van der Waals surface area contributed by atoms with Crippen LogP contribution in [0, 0.1) is 0 Å². The summed E-state index contributed by atoms with van der Waals surface area (Å²) >= 11 is 1.51. The second kappa shape index (κ2) is 15.6. The van der Waals surface area contributed by atoms with Crippen molar-refractivity contribution in [2.45, 2.75) is 32.1 Å². The SMILES string of the molecule is CCOc1ccccc1CCNC(=O)c1csc(C2CCN(C(=O)COCCOCCOC)CC2)n1. The summed E-state index contributed by atoms with van der Waals surface area (Å²) in [6, 6.07) is 7.87.